The van der Waals surface area contributed by atoms with Crippen molar-refractivity contribution in [2.75, 3.05) is 24.5 Å². The van der Waals surface area contributed by atoms with Gasteiger partial charge in [-0.3, -0.25) is 4.79 Å². The fourth-order valence-corrected chi connectivity index (χ4v) is 5.79. The number of hydrogen-bond donors (Lipinski definition) is 1. The molecule has 0 spiro atoms. The molecule has 1 aliphatic heterocycles. The Morgan fingerprint density at radius 3 is 2.94 bits per heavy atom. The molecular formula is C24H22ClN7OS. The van der Waals surface area contributed by atoms with E-state index in [1.165, 1.54) is 0 Å². The van der Waals surface area contributed by atoms with Gasteiger partial charge in [-0.15, -0.1) is 11.3 Å². The van der Waals surface area contributed by atoms with Gasteiger partial charge in [0.05, 0.1) is 22.1 Å². The number of H-pyrrole nitrogens is 1. The molecule has 1 N–H and O–H groups in total. The number of piperazine rings is 1. The zero-order valence-corrected chi connectivity index (χ0v) is 20.1. The first-order chi connectivity index (χ1) is 16.6. The van der Waals surface area contributed by atoms with Gasteiger partial charge in [0.15, 0.2) is 11.0 Å². The van der Waals surface area contributed by atoms with E-state index in [0.717, 1.165) is 51.5 Å². The number of nitrogens with one attached hydrogen (secondary N) is 1. The van der Waals surface area contributed by atoms with E-state index in [4.69, 9.17) is 16.6 Å². The summed E-state index contributed by atoms with van der Waals surface area (Å²) in [5, 5.41) is 2.47. The van der Waals surface area contributed by atoms with E-state index in [2.05, 4.69) is 26.8 Å². The molecule has 0 bridgehead atoms. The second-order valence-corrected chi connectivity index (χ2v) is 9.67. The van der Waals surface area contributed by atoms with Gasteiger partial charge in [0, 0.05) is 43.5 Å². The molecule has 1 atom stereocenters. The quantitative estimate of drug-likeness (QED) is 0.376. The summed E-state index contributed by atoms with van der Waals surface area (Å²) in [4.78, 5) is 34.3. The summed E-state index contributed by atoms with van der Waals surface area (Å²) in [5.41, 5.74) is 5.42. The minimum atomic E-state index is 0.0577. The second kappa shape index (κ2) is 8.41. The van der Waals surface area contributed by atoms with Gasteiger partial charge in [-0.2, -0.15) is 0 Å². The van der Waals surface area contributed by atoms with E-state index >= 15 is 0 Å². The summed E-state index contributed by atoms with van der Waals surface area (Å²) >= 11 is 7.90. The molecule has 5 aromatic rings. The number of benzene rings is 1. The predicted molar refractivity (Wildman–Crippen MR) is 135 cm³/mol. The molecular weight excluding hydrogens is 470 g/mol. The summed E-state index contributed by atoms with van der Waals surface area (Å²) in [7, 11) is 0. The highest BCUT2D eigenvalue weighted by Gasteiger charge is 2.30. The highest BCUT2D eigenvalue weighted by molar-refractivity contribution is 7.14. The number of carbonyl (C=O) groups is 1. The Balaban J connectivity index is 1.19. The molecule has 8 nitrogen and oxygen atoms in total. The smallest absolute Gasteiger partial charge is 0.242 e. The molecule has 10 heteroatoms. The van der Waals surface area contributed by atoms with Crippen molar-refractivity contribution in [2.45, 2.75) is 19.5 Å². The maximum Gasteiger partial charge on any atom is 0.242 e. The normalized spacial score (nSPS) is 16.6. The molecule has 172 valence electrons. The Morgan fingerprint density at radius 1 is 1.21 bits per heavy atom. The van der Waals surface area contributed by atoms with Gasteiger partial charge < -0.3 is 19.4 Å². The van der Waals surface area contributed by atoms with Crippen LogP contribution in [0, 0.1) is 0 Å². The molecule has 0 radical (unpaired) electrons. The third-order valence-corrected chi connectivity index (χ3v) is 7.50. The molecule has 34 heavy (non-hydrogen) atoms. The highest BCUT2D eigenvalue weighted by Crippen LogP contribution is 2.34. The number of anilines is 1. The van der Waals surface area contributed by atoms with Crippen molar-refractivity contribution in [1.82, 2.24) is 29.4 Å². The Labute approximate surface area is 204 Å². The molecule has 5 heterocycles. The highest BCUT2D eigenvalue weighted by atomic mass is 35.5. The fourth-order valence-electron chi connectivity index (χ4n) is 4.68. The van der Waals surface area contributed by atoms with Crippen LogP contribution in [0.3, 0.4) is 0 Å². The van der Waals surface area contributed by atoms with E-state index in [9.17, 15) is 4.79 Å². The summed E-state index contributed by atoms with van der Waals surface area (Å²) in [6.45, 7) is 4.44. The van der Waals surface area contributed by atoms with Crippen LogP contribution in [0.4, 0.5) is 5.00 Å². The second-order valence-electron chi connectivity index (χ2n) is 8.47. The van der Waals surface area contributed by atoms with Crippen molar-refractivity contribution in [1.29, 1.82) is 0 Å². The van der Waals surface area contributed by atoms with E-state index in [-0.39, 0.29) is 18.5 Å². The van der Waals surface area contributed by atoms with Gasteiger partial charge in [-0.1, -0.05) is 23.7 Å². The van der Waals surface area contributed by atoms with Gasteiger partial charge in [0.25, 0.3) is 0 Å². The predicted octanol–water partition coefficient (Wildman–Crippen LogP) is 4.43. The third-order valence-electron chi connectivity index (χ3n) is 6.34. The number of pyridine rings is 1. The Hall–Kier alpha value is -3.43. The van der Waals surface area contributed by atoms with Crippen LogP contribution < -0.4 is 4.90 Å². The number of aromatic nitrogens is 5. The first-order valence-electron chi connectivity index (χ1n) is 11.1. The summed E-state index contributed by atoms with van der Waals surface area (Å²) in [5.74, 6) is 0.847. The summed E-state index contributed by atoms with van der Waals surface area (Å²) in [6, 6.07) is 11.9. The molecule has 1 amide bonds. The van der Waals surface area contributed by atoms with Crippen molar-refractivity contribution in [3.63, 3.8) is 0 Å². The molecule has 0 aliphatic carbocycles. The van der Waals surface area contributed by atoms with Crippen LogP contribution >= 0.6 is 22.9 Å². The Morgan fingerprint density at radius 2 is 2.09 bits per heavy atom. The number of nitrogens with zero attached hydrogens (tertiary/aromatic N) is 6. The molecule has 1 aliphatic rings. The van der Waals surface area contributed by atoms with Crippen LogP contribution in [0.5, 0.6) is 0 Å². The van der Waals surface area contributed by atoms with Crippen molar-refractivity contribution in [3.05, 3.63) is 59.5 Å². The lowest BCUT2D eigenvalue weighted by molar-refractivity contribution is -0.134. The van der Waals surface area contributed by atoms with Gasteiger partial charge in [0.1, 0.15) is 17.2 Å². The zero-order valence-electron chi connectivity index (χ0n) is 18.5. The number of carbonyl (C=O) groups excluding carboxylic acids is 1. The van der Waals surface area contributed by atoms with Crippen LogP contribution in [0.15, 0.2) is 54.3 Å². The van der Waals surface area contributed by atoms with Crippen molar-refractivity contribution in [2.24, 2.45) is 0 Å². The Bertz CT molecular complexity index is 1470. The topological polar surface area (TPSA) is 82.9 Å². The summed E-state index contributed by atoms with van der Waals surface area (Å²) < 4.78 is 1.88. The first kappa shape index (κ1) is 21.1. The van der Waals surface area contributed by atoms with E-state index in [0.29, 0.717) is 11.7 Å². The van der Waals surface area contributed by atoms with E-state index in [1.807, 2.05) is 57.6 Å². The van der Waals surface area contributed by atoms with Crippen molar-refractivity contribution >= 4 is 55.8 Å². The number of amides is 1. The lowest BCUT2D eigenvalue weighted by Gasteiger charge is -2.40. The maximum absolute atomic E-state index is 13.2. The lowest BCUT2D eigenvalue weighted by atomic mass is 10.2. The van der Waals surface area contributed by atoms with Gasteiger partial charge >= 0.3 is 0 Å². The van der Waals surface area contributed by atoms with Crippen LogP contribution in [0.2, 0.25) is 5.15 Å². The maximum atomic E-state index is 13.2. The fraction of sp³-hybridized carbons (Fsp3) is 0.250. The molecule has 0 saturated carbocycles. The molecule has 1 unspecified atom stereocenters. The minimum absolute atomic E-state index is 0.0577. The standard InChI is InChI=1S/C24H22ClN7OS/c1-15-12-31(24-20(27-14-34-24)23-28-17-4-2-3-5-18(17)29-23)10-11-32(15)19(33)13-30-9-7-16-6-8-26-22(25)21(16)30/h2-9,14-15H,10-13H2,1H3,(H,28,29). The number of imidazole rings is 1. The van der Waals surface area contributed by atoms with E-state index in [1.54, 1.807) is 17.5 Å². The molecule has 1 saturated heterocycles. The monoisotopic (exact) mass is 491 g/mol. The number of rotatable bonds is 4. The van der Waals surface area contributed by atoms with Crippen molar-refractivity contribution < 1.29 is 4.79 Å². The molecule has 4 aromatic heterocycles. The molecule has 1 aromatic carbocycles. The van der Waals surface area contributed by atoms with Crippen LogP contribution in [0.25, 0.3) is 33.5 Å². The Kier molecular flexibility index (Phi) is 5.23. The molecule has 1 fully saturated rings. The van der Waals surface area contributed by atoms with Crippen LogP contribution in [-0.4, -0.2) is 61.0 Å². The first-order valence-corrected chi connectivity index (χ1v) is 12.4. The average molecular weight is 492 g/mol. The number of thiazole rings is 1. The SMILES string of the molecule is CC1CN(c2scnc2-c2nc3ccccc3[nH]2)CCN1C(=O)Cn1ccc2ccnc(Cl)c21. The zero-order chi connectivity index (χ0) is 23.2. The molecule has 6 rings (SSSR count). The number of hydrogen-bond acceptors (Lipinski definition) is 6. The average Bonchev–Trinajstić information content (AvgIpc) is 3.57. The van der Waals surface area contributed by atoms with Gasteiger partial charge in [-0.25, -0.2) is 15.0 Å². The van der Waals surface area contributed by atoms with Crippen LogP contribution in [-0.2, 0) is 11.3 Å². The minimum Gasteiger partial charge on any atom is -0.358 e. The number of aromatic amines is 1. The lowest BCUT2D eigenvalue weighted by Crippen LogP contribution is -2.54. The number of fused-ring (bicyclic) bond motifs is 2. The van der Waals surface area contributed by atoms with Crippen molar-refractivity contribution in [3.8, 4) is 11.5 Å². The number of halogens is 1. The van der Waals surface area contributed by atoms with Gasteiger partial charge in [-0.05, 0) is 31.2 Å². The number of para-hydroxylation sites is 2. The third kappa shape index (κ3) is 3.61. The van der Waals surface area contributed by atoms with Gasteiger partial charge in [0.2, 0.25) is 5.91 Å². The van der Waals surface area contributed by atoms with Crippen LogP contribution in [0.1, 0.15) is 6.92 Å². The largest absolute Gasteiger partial charge is 0.358 e. The summed E-state index contributed by atoms with van der Waals surface area (Å²) in [6.07, 6.45) is 3.57. The van der Waals surface area contributed by atoms with E-state index < -0.39 is 0 Å².